The summed E-state index contributed by atoms with van der Waals surface area (Å²) in [5, 5.41) is 26.9. The molecule has 3 nitrogen and oxygen atoms in total. The number of rotatable bonds is 5. The molecule has 0 amide bonds. The molecule has 0 saturated heterocycles. The number of aliphatic hydroxyl groups is 3. The third-order valence-electron chi connectivity index (χ3n) is 1.75. The van der Waals surface area contributed by atoms with Crippen LogP contribution in [0.25, 0.3) is 0 Å². The minimum atomic E-state index is -0.572. The van der Waals surface area contributed by atoms with Gasteiger partial charge in [-0.3, -0.25) is 0 Å². The molecule has 0 aromatic carbocycles. The summed E-state index contributed by atoms with van der Waals surface area (Å²) in [5.41, 5.74) is 0. The maximum atomic E-state index is 9.28. The highest BCUT2D eigenvalue weighted by atomic mass is 16.3. The summed E-state index contributed by atoms with van der Waals surface area (Å²) in [7, 11) is 0. The van der Waals surface area contributed by atoms with E-state index >= 15 is 0 Å². The van der Waals surface area contributed by atoms with Gasteiger partial charge in [0.1, 0.15) is 0 Å². The van der Waals surface area contributed by atoms with Gasteiger partial charge >= 0.3 is 0 Å². The highest BCUT2D eigenvalue weighted by Crippen LogP contribution is 2.09. The van der Waals surface area contributed by atoms with Crippen LogP contribution in [0.3, 0.4) is 0 Å². The van der Waals surface area contributed by atoms with E-state index in [2.05, 4.69) is 0 Å². The van der Waals surface area contributed by atoms with Crippen LogP contribution in [0.2, 0.25) is 0 Å². The molecule has 0 aliphatic heterocycles. The van der Waals surface area contributed by atoms with Gasteiger partial charge in [-0.2, -0.15) is 0 Å². The molecule has 0 aliphatic rings. The maximum absolute atomic E-state index is 9.28. The molecule has 0 bridgehead atoms. The molecule has 0 rings (SSSR count). The molecule has 2 atom stereocenters. The first kappa shape index (κ1) is 10.9. The first-order valence-electron chi connectivity index (χ1n) is 4.05. The monoisotopic (exact) mass is 162 g/mol. The van der Waals surface area contributed by atoms with Crippen molar-refractivity contribution in [3.8, 4) is 0 Å². The van der Waals surface area contributed by atoms with Gasteiger partial charge in [-0.25, -0.2) is 0 Å². The van der Waals surface area contributed by atoms with Crippen LogP contribution < -0.4 is 0 Å². The van der Waals surface area contributed by atoms with Crippen LogP contribution >= 0.6 is 0 Å². The van der Waals surface area contributed by atoms with Crippen molar-refractivity contribution in [2.75, 3.05) is 6.61 Å². The van der Waals surface area contributed by atoms with Crippen LogP contribution in [0, 0.1) is 5.92 Å². The fourth-order valence-electron chi connectivity index (χ4n) is 0.818. The highest BCUT2D eigenvalue weighted by molar-refractivity contribution is 4.65. The highest BCUT2D eigenvalue weighted by Gasteiger charge is 2.14. The molecular weight excluding hydrogens is 144 g/mol. The molecule has 3 N–H and O–H groups in total. The quantitative estimate of drug-likeness (QED) is 0.539. The molecule has 0 spiro atoms. The minimum Gasteiger partial charge on any atom is -0.396 e. The third kappa shape index (κ3) is 5.18. The van der Waals surface area contributed by atoms with E-state index in [1.807, 2.05) is 13.8 Å². The Labute approximate surface area is 67.7 Å². The van der Waals surface area contributed by atoms with Gasteiger partial charge in [0.15, 0.2) is 0 Å². The predicted molar refractivity (Wildman–Crippen MR) is 43.2 cm³/mol. The summed E-state index contributed by atoms with van der Waals surface area (Å²) < 4.78 is 0. The topological polar surface area (TPSA) is 60.7 Å². The molecule has 0 heterocycles. The Morgan fingerprint density at radius 3 is 2.09 bits per heavy atom. The summed E-state index contributed by atoms with van der Waals surface area (Å²) in [4.78, 5) is 0. The van der Waals surface area contributed by atoms with Crippen molar-refractivity contribution >= 4 is 0 Å². The fraction of sp³-hybridized carbons (Fsp3) is 1.00. The average molecular weight is 162 g/mol. The van der Waals surface area contributed by atoms with Gasteiger partial charge < -0.3 is 15.3 Å². The van der Waals surface area contributed by atoms with Gasteiger partial charge in [0.25, 0.3) is 0 Å². The Balaban J connectivity index is 3.48. The van der Waals surface area contributed by atoms with Gasteiger partial charge in [0.2, 0.25) is 0 Å². The Morgan fingerprint density at radius 2 is 1.73 bits per heavy atom. The van der Waals surface area contributed by atoms with Crippen LogP contribution in [0.4, 0.5) is 0 Å². The van der Waals surface area contributed by atoms with Gasteiger partial charge in [-0.1, -0.05) is 13.8 Å². The SMILES string of the molecule is CC(C)[C@H](O)C[C@H](O)CCO. The van der Waals surface area contributed by atoms with E-state index in [-0.39, 0.29) is 12.5 Å². The van der Waals surface area contributed by atoms with Crippen molar-refractivity contribution in [3.05, 3.63) is 0 Å². The second kappa shape index (κ2) is 5.52. The molecular formula is C8H18O3. The normalized spacial score (nSPS) is 16.9. The van der Waals surface area contributed by atoms with E-state index in [0.717, 1.165) is 0 Å². The van der Waals surface area contributed by atoms with Crippen LogP contribution in [-0.2, 0) is 0 Å². The molecule has 0 saturated carbocycles. The fourth-order valence-corrected chi connectivity index (χ4v) is 0.818. The van der Waals surface area contributed by atoms with E-state index in [1.165, 1.54) is 0 Å². The summed E-state index contributed by atoms with van der Waals surface area (Å²) in [6, 6.07) is 0. The minimum absolute atomic E-state index is 0.0218. The lowest BCUT2D eigenvalue weighted by Crippen LogP contribution is -2.22. The number of hydrogen-bond donors (Lipinski definition) is 3. The Morgan fingerprint density at radius 1 is 1.18 bits per heavy atom. The lowest BCUT2D eigenvalue weighted by molar-refractivity contribution is 0.0421. The van der Waals surface area contributed by atoms with E-state index in [4.69, 9.17) is 10.2 Å². The summed E-state index contributed by atoms with van der Waals surface area (Å²) in [5.74, 6) is 0.170. The molecule has 0 aromatic rings. The van der Waals surface area contributed by atoms with Crippen LogP contribution in [0.1, 0.15) is 26.7 Å². The smallest absolute Gasteiger partial charge is 0.0587 e. The summed E-state index contributed by atoms with van der Waals surface area (Å²) in [6.07, 6.45) is -0.323. The van der Waals surface area contributed by atoms with E-state index in [1.54, 1.807) is 0 Å². The van der Waals surface area contributed by atoms with E-state index < -0.39 is 12.2 Å². The molecule has 0 aliphatic carbocycles. The van der Waals surface area contributed by atoms with Crippen molar-refractivity contribution in [1.29, 1.82) is 0 Å². The summed E-state index contributed by atoms with van der Waals surface area (Å²) >= 11 is 0. The standard InChI is InChI=1S/C8H18O3/c1-6(2)8(11)5-7(10)3-4-9/h6-11H,3-5H2,1-2H3/t7-,8-/m1/s1. The zero-order valence-electron chi connectivity index (χ0n) is 7.20. The molecule has 68 valence electrons. The number of hydrogen-bond acceptors (Lipinski definition) is 3. The Bertz CT molecular complexity index is 93.3. The van der Waals surface area contributed by atoms with Gasteiger partial charge in [0.05, 0.1) is 12.2 Å². The predicted octanol–water partition coefficient (Wildman–Crippen LogP) is 0.137. The van der Waals surface area contributed by atoms with Crippen molar-refractivity contribution in [1.82, 2.24) is 0 Å². The molecule has 0 aromatic heterocycles. The van der Waals surface area contributed by atoms with Crippen LogP contribution in [-0.4, -0.2) is 34.1 Å². The van der Waals surface area contributed by atoms with Gasteiger partial charge in [0, 0.05) is 6.61 Å². The first-order valence-corrected chi connectivity index (χ1v) is 4.05. The van der Waals surface area contributed by atoms with Crippen molar-refractivity contribution in [2.45, 2.75) is 38.9 Å². The van der Waals surface area contributed by atoms with Crippen LogP contribution in [0.15, 0.2) is 0 Å². The zero-order chi connectivity index (χ0) is 8.85. The van der Waals surface area contributed by atoms with Crippen molar-refractivity contribution in [3.63, 3.8) is 0 Å². The molecule has 11 heavy (non-hydrogen) atoms. The van der Waals surface area contributed by atoms with Gasteiger partial charge in [-0.05, 0) is 18.8 Å². The first-order chi connectivity index (χ1) is 5.07. The van der Waals surface area contributed by atoms with Crippen LogP contribution in [0.5, 0.6) is 0 Å². The molecule has 0 unspecified atom stereocenters. The second-order valence-electron chi connectivity index (χ2n) is 3.21. The molecule has 0 fully saturated rings. The lowest BCUT2D eigenvalue weighted by Gasteiger charge is -2.17. The maximum Gasteiger partial charge on any atom is 0.0587 e. The van der Waals surface area contributed by atoms with Gasteiger partial charge in [-0.15, -0.1) is 0 Å². The average Bonchev–Trinajstić information content (AvgIpc) is 1.87. The zero-order valence-corrected chi connectivity index (χ0v) is 7.20. The summed E-state index contributed by atoms with van der Waals surface area (Å²) in [6.45, 7) is 3.78. The lowest BCUT2D eigenvalue weighted by atomic mass is 10.00. The van der Waals surface area contributed by atoms with E-state index in [0.29, 0.717) is 12.8 Å². The Hall–Kier alpha value is -0.120. The molecule has 3 heteroatoms. The number of aliphatic hydroxyl groups excluding tert-OH is 3. The van der Waals surface area contributed by atoms with Crippen molar-refractivity contribution in [2.24, 2.45) is 5.92 Å². The van der Waals surface area contributed by atoms with E-state index in [9.17, 15) is 5.11 Å². The largest absolute Gasteiger partial charge is 0.396 e. The third-order valence-corrected chi connectivity index (χ3v) is 1.75. The Kier molecular flexibility index (Phi) is 5.46. The second-order valence-corrected chi connectivity index (χ2v) is 3.21. The van der Waals surface area contributed by atoms with Crippen molar-refractivity contribution < 1.29 is 15.3 Å². The molecule has 0 radical (unpaired) electrons.